The molecule has 0 saturated carbocycles. The molecule has 1 saturated heterocycles. The standard InChI is InChI=1S/C12H14BrF2NO/c13-10-8(1-2-9(14)11(10)15)12(16)7-3-5-17-6-4-7/h1-2,7,12H,3-6,16H2. The van der Waals surface area contributed by atoms with E-state index in [0.29, 0.717) is 18.8 Å². The number of rotatable bonds is 2. The van der Waals surface area contributed by atoms with E-state index in [-0.39, 0.29) is 16.4 Å². The molecule has 0 spiro atoms. The largest absolute Gasteiger partial charge is 0.381 e. The number of benzene rings is 1. The smallest absolute Gasteiger partial charge is 0.173 e. The second kappa shape index (κ2) is 5.42. The summed E-state index contributed by atoms with van der Waals surface area (Å²) in [6.07, 6.45) is 1.71. The minimum atomic E-state index is -0.870. The van der Waals surface area contributed by atoms with Gasteiger partial charge in [0.25, 0.3) is 0 Å². The van der Waals surface area contributed by atoms with Crippen LogP contribution in [0.5, 0.6) is 0 Å². The summed E-state index contributed by atoms with van der Waals surface area (Å²) in [7, 11) is 0. The molecule has 5 heteroatoms. The van der Waals surface area contributed by atoms with E-state index in [1.54, 1.807) is 6.07 Å². The maximum absolute atomic E-state index is 13.4. The highest BCUT2D eigenvalue weighted by Crippen LogP contribution is 2.34. The monoisotopic (exact) mass is 305 g/mol. The van der Waals surface area contributed by atoms with E-state index in [1.807, 2.05) is 0 Å². The topological polar surface area (TPSA) is 35.2 Å². The van der Waals surface area contributed by atoms with Crippen LogP contribution in [0.25, 0.3) is 0 Å². The summed E-state index contributed by atoms with van der Waals surface area (Å²) >= 11 is 3.07. The van der Waals surface area contributed by atoms with Crippen molar-refractivity contribution in [2.24, 2.45) is 11.7 Å². The first-order chi connectivity index (χ1) is 8.11. The Hall–Kier alpha value is -0.520. The fourth-order valence-corrected chi connectivity index (χ4v) is 2.71. The van der Waals surface area contributed by atoms with Crippen LogP contribution in [0, 0.1) is 17.6 Å². The molecule has 0 aromatic heterocycles. The average Bonchev–Trinajstić information content (AvgIpc) is 2.36. The first-order valence-corrected chi connectivity index (χ1v) is 6.37. The summed E-state index contributed by atoms with van der Waals surface area (Å²) in [4.78, 5) is 0. The number of nitrogens with two attached hydrogens (primary N) is 1. The van der Waals surface area contributed by atoms with Gasteiger partial charge in [0.1, 0.15) is 0 Å². The van der Waals surface area contributed by atoms with Gasteiger partial charge >= 0.3 is 0 Å². The number of hydrogen-bond acceptors (Lipinski definition) is 2. The molecule has 1 unspecified atom stereocenters. The van der Waals surface area contributed by atoms with E-state index < -0.39 is 11.6 Å². The van der Waals surface area contributed by atoms with Gasteiger partial charge in [-0.15, -0.1) is 0 Å². The van der Waals surface area contributed by atoms with Gasteiger partial charge in [-0.05, 0) is 46.3 Å². The number of halogens is 3. The van der Waals surface area contributed by atoms with Crippen molar-refractivity contribution in [1.82, 2.24) is 0 Å². The first kappa shape index (κ1) is 12.9. The van der Waals surface area contributed by atoms with Crippen LogP contribution < -0.4 is 5.73 Å². The molecule has 1 heterocycles. The molecule has 1 aromatic rings. The molecule has 0 aliphatic carbocycles. The van der Waals surface area contributed by atoms with Crippen molar-refractivity contribution in [3.05, 3.63) is 33.8 Å². The normalized spacial score (nSPS) is 19.3. The van der Waals surface area contributed by atoms with Crippen molar-refractivity contribution < 1.29 is 13.5 Å². The summed E-state index contributed by atoms with van der Waals surface area (Å²) in [6, 6.07) is 2.38. The molecule has 1 fully saturated rings. The first-order valence-electron chi connectivity index (χ1n) is 5.58. The molecule has 1 aromatic carbocycles. The van der Waals surface area contributed by atoms with E-state index in [0.717, 1.165) is 18.9 Å². The van der Waals surface area contributed by atoms with E-state index >= 15 is 0 Å². The second-order valence-corrected chi connectivity index (χ2v) is 5.03. The highest BCUT2D eigenvalue weighted by atomic mass is 79.9. The van der Waals surface area contributed by atoms with Gasteiger partial charge in [-0.1, -0.05) is 6.07 Å². The summed E-state index contributed by atoms with van der Waals surface area (Å²) in [5.41, 5.74) is 6.74. The van der Waals surface area contributed by atoms with Gasteiger partial charge in [0.15, 0.2) is 11.6 Å². The Morgan fingerprint density at radius 3 is 2.59 bits per heavy atom. The predicted octanol–water partition coefficient (Wildman–Crippen LogP) is 3.15. The van der Waals surface area contributed by atoms with E-state index in [2.05, 4.69) is 15.9 Å². The average molecular weight is 306 g/mol. The Morgan fingerprint density at radius 1 is 1.29 bits per heavy atom. The van der Waals surface area contributed by atoms with Crippen LogP contribution in [-0.4, -0.2) is 13.2 Å². The van der Waals surface area contributed by atoms with Crippen molar-refractivity contribution in [2.75, 3.05) is 13.2 Å². The van der Waals surface area contributed by atoms with Crippen LogP contribution in [0.2, 0.25) is 0 Å². The Balaban J connectivity index is 2.24. The molecule has 2 N–H and O–H groups in total. The summed E-state index contributed by atoms with van der Waals surface area (Å²) in [5, 5.41) is 0. The maximum Gasteiger partial charge on any atom is 0.173 e. The molecular weight excluding hydrogens is 292 g/mol. The molecule has 0 bridgehead atoms. The van der Waals surface area contributed by atoms with E-state index in [1.165, 1.54) is 0 Å². The van der Waals surface area contributed by atoms with Crippen molar-refractivity contribution in [3.8, 4) is 0 Å². The summed E-state index contributed by atoms with van der Waals surface area (Å²) in [5.74, 6) is -1.48. The third-order valence-electron chi connectivity index (χ3n) is 3.20. The molecule has 1 aliphatic rings. The van der Waals surface area contributed by atoms with Crippen LogP contribution in [0.3, 0.4) is 0 Å². The fourth-order valence-electron chi connectivity index (χ4n) is 2.13. The molecule has 1 atom stereocenters. The molecule has 94 valence electrons. The molecular formula is C12H14BrF2NO. The lowest BCUT2D eigenvalue weighted by molar-refractivity contribution is 0.0582. The molecule has 0 amide bonds. The predicted molar refractivity (Wildman–Crippen MR) is 64.5 cm³/mol. The van der Waals surface area contributed by atoms with Crippen molar-refractivity contribution in [2.45, 2.75) is 18.9 Å². The van der Waals surface area contributed by atoms with Crippen molar-refractivity contribution >= 4 is 15.9 Å². The molecule has 0 radical (unpaired) electrons. The van der Waals surface area contributed by atoms with Gasteiger partial charge in [-0.25, -0.2) is 8.78 Å². The molecule has 2 rings (SSSR count). The van der Waals surface area contributed by atoms with Crippen LogP contribution in [-0.2, 0) is 4.74 Å². The SMILES string of the molecule is NC(c1ccc(F)c(F)c1Br)C1CCOCC1. The molecule has 2 nitrogen and oxygen atoms in total. The quantitative estimate of drug-likeness (QED) is 0.852. The van der Waals surface area contributed by atoms with Gasteiger partial charge < -0.3 is 10.5 Å². The van der Waals surface area contributed by atoms with E-state index in [4.69, 9.17) is 10.5 Å². The van der Waals surface area contributed by atoms with Gasteiger partial charge in [0.05, 0.1) is 4.47 Å². The second-order valence-electron chi connectivity index (χ2n) is 4.24. The Labute approximate surface area is 107 Å². The number of hydrogen-bond donors (Lipinski definition) is 1. The lowest BCUT2D eigenvalue weighted by Gasteiger charge is -2.28. The van der Waals surface area contributed by atoms with Crippen LogP contribution in [0.1, 0.15) is 24.4 Å². The minimum absolute atomic E-state index is 0.136. The summed E-state index contributed by atoms with van der Waals surface area (Å²) < 4.78 is 31.8. The highest BCUT2D eigenvalue weighted by Gasteiger charge is 2.25. The fraction of sp³-hybridized carbons (Fsp3) is 0.500. The maximum atomic E-state index is 13.4. The van der Waals surface area contributed by atoms with Gasteiger partial charge in [0, 0.05) is 19.3 Å². The van der Waals surface area contributed by atoms with Crippen LogP contribution in [0.15, 0.2) is 16.6 Å². The lowest BCUT2D eigenvalue weighted by atomic mass is 9.88. The van der Waals surface area contributed by atoms with Gasteiger partial charge in [-0.3, -0.25) is 0 Å². The lowest BCUT2D eigenvalue weighted by Crippen LogP contribution is -2.27. The highest BCUT2D eigenvalue weighted by molar-refractivity contribution is 9.10. The Morgan fingerprint density at radius 2 is 1.94 bits per heavy atom. The zero-order valence-electron chi connectivity index (χ0n) is 9.26. The van der Waals surface area contributed by atoms with Crippen LogP contribution >= 0.6 is 15.9 Å². The zero-order chi connectivity index (χ0) is 12.4. The van der Waals surface area contributed by atoms with Gasteiger partial charge in [-0.2, -0.15) is 0 Å². The third kappa shape index (κ3) is 2.67. The third-order valence-corrected chi connectivity index (χ3v) is 4.00. The Kier molecular flexibility index (Phi) is 4.12. The zero-order valence-corrected chi connectivity index (χ0v) is 10.8. The molecule has 1 aliphatic heterocycles. The van der Waals surface area contributed by atoms with Crippen molar-refractivity contribution in [1.29, 1.82) is 0 Å². The summed E-state index contributed by atoms with van der Waals surface area (Å²) in [6.45, 7) is 1.36. The van der Waals surface area contributed by atoms with E-state index in [9.17, 15) is 8.78 Å². The minimum Gasteiger partial charge on any atom is -0.381 e. The van der Waals surface area contributed by atoms with Crippen LogP contribution in [0.4, 0.5) is 8.78 Å². The molecule has 17 heavy (non-hydrogen) atoms. The van der Waals surface area contributed by atoms with Gasteiger partial charge in [0.2, 0.25) is 0 Å². The van der Waals surface area contributed by atoms with Crippen molar-refractivity contribution in [3.63, 3.8) is 0 Å². The number of ether oxygens (including phenoxy) is 1. The Bertz CT molecular complexity index is 408.